The lowest BCUT2D eigenvalue weighted by Gasteiger charge is -2.19. The van der Waals surface area contributed by atoms with Crippen molar-refractivity contribution < 1.29 is 0 Å². The van der Waals surface area contributed by atoms with Crippen molar-refractivity contribution in [3.05, 3.63) is 35.4 Å². The highest BCUT2D eigenvalue weighted by Crippen LogP contribution is 2.13. The minimum atomic E-state index is 0.640. The normalized spacial score (nSPS) is 12.9. The van der Waals surface area contributed by atoms with E-state index in [0.29, 0.717) is 6.04 Å². The van der Waals surface area contributed by atoms with Crippen LogP contribution >= 0.6 is 0 Å². The molecule has 108 valence electrons. The van der Waals surface area contributed by atoms with E-state index in [9.17, 15) is 0 Å². The Morgan fingerprint density at radius 1 is 1.05 bits per heavy atom. The molecule has 0 aliphatic carbocycles. The van der Waals surface area contributed by atoms with Gasteiger partial charge in [0.25, 0.3) is 0 Å². The number of benzene rings is 1. The van der Waals surface area contributed by atoms with Crippen molar-refractivity contribution in [1.29, 1.82) is 0 Å². The Labute approximate surface area is 119 Å². The molecule has 1 nitrogen and oxygen atoms in total. The molecule has 0 fully saturated rings. The van der Waals surface area contributed by atoms with E-state index in [2.05, 4.69) is 57.3 Å². The summed E-state index contributed by atoms with van der Waals surface area (Å²) in [7, 11) is 0. The highest BCUT2D eigenvalue weighted by atomic mass is 14.9. The van der Waals surface area contributed by atoms with Gasteiger partial charge in [-0.05, 0) is 44.2 Å². The van der Waals surface area contributed by atoms with Crippen molar-refractivity contribution in [2.75, 3.05) is 6.54 Å². The molecule has 0 radical (unpaired) electrons. The third kappa shape index (κ3) is 7.37. The standard InChI is InChI=1S/C18H31N/c1-5-13-19-18(8-6-7-15(2)3)14-17-11-9-16(4)10-12-17/h9-12,15,18-19H,5-8,13-14H2,1-4H3. The van der Waals surface area contributed by atoms with Crippen molar-refractivity contribution in [3.8, 4) is 0 Å². The molecule has 0 heterocycles. The fraction of sp³-hybridized carbons (Fsp3) is 0.667. The Bertz CT molecular complexity index is 326. The van der Waals surface area contributed by atoms with Crippen molar-refractivity contribution >= 4 is 0 Å². The van der Waals surface area contributed by atoms with Gasteiger partial charge in [0.2, 0.25) is 0 Å². The number of hydrogen-bond acceptors (Lipinski definition) is 1. The first-order chi connectivity index (χ1) is 9.11. The van der Waals surface area contributed by atoms with Crippen molar-refractivity contribution in [1.82, 2.24) is 5.32 Å². The zero-order valence-corrected chi connectivity index (χ0v) is 13.2. The van der Waals surface area contributed by atoms with E-state index >= 15 is 0 Å². The summed E-state index contributed by atoms with van der Waals surface area (Å²) in [5.74, 6) is 0.825. The van der Waals surface area contributed by atoms with Gasteiger partial charge in [0.05, 0.1) is 0 Å². The summed E-state index contributed by atoms with van der Waals surface area (Å²) in [6.45, 7) is 10.2. The molecule has 0 amide bonds. The minimum Gasteiger partial charge on any atom is -0.314 e. The van der Waals surface area contributed by atoms with E-state index in [1.165, 1.54) is 43.2 Å². The molecule has 0 bridgehead atoms. The second-order valence-electron chi connectivity index (χ2n) is 6.17. The Kier molecular flexibility index (Phi) is 7.81. The molecule has 1 heteroatoms. The Hall–Kier alpha value is -0.820. The Morgan fingerprint density at radius 2 is 1.74 bits per heavy atom. The van der Waals surface area contributed by atoms with E-state index in [4.69, 9.17) is 0 Å². The highest BCUT2D eigenvalue weighted by Gasteiger charge is 2.09. The van der Waals surface area contributed by atoms with E-state index in [-0.39, 0.29) is 0 Å². The monoisotopic (exact) mass is 261 g/mol. The van der Waals surface area contributed by atoms with Crippen LogP contribution in [0.3, 0.4) is 0 Å². The average Bonchev–Trinajstić information content (AvgIpc) is 2.38. The summed E-state index contributed by atoms with van der Waals surface area (Å²) in [5.41, 5.74) is 2.81. The van der Waals surface area contributed by atoms with Gasteiger partial charge in [0, 0.05) is 6.04 Å². The minimum absolute atomic E-state index is 0.640. The Morgan fingerprint density at radius 3 is 2.32 bits per heavy atom. The molecular weight excluding hydrogens is 230 g/mol. The molecule has 1 rings (SSSR count). The molecule has 0 aliphatic rings. The zero-order valence-electron chi connectivity index (χ0n) is 13.2. The first-order valence-corrected chi connectivity index (χ1v) is 7.90. The fourth-order valence-electron chi connectivity index (χ4n) is 2.41. The lowest BCUT2D eigenvalue weighted by Crippen LogP contribution is -2.31. The van der Waals surface area contributed by atoms with Crippen molar-refractivity contribution in [2.24, 2.45) is 5.92 Å². The zero-order chi connectivity index (χ0) is 14.1. The summed E-state index contributed by atoms with van der Waals surface area (Å²) in [5, 5.41) is 3.71. The van der Waals surface area contributed by atoms with Gasteiger partial charge in [-0.1, -0.05) is 63.4 Å². The van der Waals surface area contributed by atoms with E-state index in [0.717, 1.165) is 12.5 Å². The van der Waals surface area contributed by atoms with Crippen LogP contribution in [0.2, 0.25) is 0 Å². The first-order valence-electron chi connectivity index (χ1n) is 7.90. The van der Waals surface area contributed by atoms with E-state index in [1.807, 2.05) is 0 Å². The largest absolute Gasteiger partial charge is 0.314 e. The molecular formula is C18H31N. The van der Waals surface area contributed by atoms with E-state index in [1.54, 1.807) is 0 Å². The maximum absolute atomic E-state index is 3.71. The molecule has 19 heavy (non-hydrogen) atoms. The molecule has 0 saturated heterocycles. The van der Waals surface area contributed by atoms with Gasteiger partial charge in [-0.3, -0.25) is 0 Å². The third-order valence-corrected chi connectivity index (χ3v) is 3.62. The highest BCUT2D eigenvalue weighted by molar-refractivity contribution is 5.22. The maximum atomic E-state index is 3.71. The predicted octanol–water partition coefficient (Wildman–Crippen LogP) is 4.73. The van der Waals surface area contributed by atoms with Gasteiger partial charge in [0.15, 0.2) is 0 Å². The van der Waals surface area contributed by atoms with Gasteiger partial charge in [-0.2, -0.15) is 0 Å². The summed E-state index contributed by atoms with van der Waals surface area (Å²) in [6, 6.07) is 9.64. The second-order valence-corrected chi connectivity index (χ2v) is 6.17. The molecule has 0 saturated carbocycles. The second kappa shape index (κ2) is 9.14. The van der Waals surface area contributed by atoms with Gasteiger partial charge in [-0.15, -0.1) is 0 Å². The van der Waals surface area contributed by atoms with Gasteiger partial charge < -0.3 is 5.32 Å². The fourth-order valence-corrected chi connectivity index (χ4v) is 2.41. The van der Waals surface area contributed by atoms with Gasteiger partial charge in [-0.25, -0.2) is 0 Å². The van der Waals surface area contributed by atoms with Crippen LogP contribution in [-0.2, 0) is 6.42 Å². The summed E-state index contributed by atoms with van der Waals surface area (Å²) in [4.78, 5) is 0. The smallest absolute Gasteiger partial charge is 0.0107 e. The molecule has 0 aromatic heterocycles. The van der Waals surface area contributed by atoms with E-state index < -0.39 is 0 Å². The molecule has 1 N–H and O–H groups in total. The van der Waals surface area contributed by atoms with Crippen LogP contribution in [0.4, 0.5) is 0 Å². The van der Waals surface area contributed by atoms with Crippen LogP contribution in [0, 0.1) is 12.8 Å². The lowest BCUT2D eigenvalue weighted by atomic mass is 9.97. The molecule has 0 spiro atoms. The van der Waals surface area contributed by atoms with Crippen molar-refractivity contribution in [2.45, 2.75) is 65.8 Å². The predicted molar refractivity (Wildman–Crippen MR) is 85.7 cm³/mol. The van der Waals surface area contributed by atoms with Gasteiger partial charge >= 0.3 is 0 Å². The molecule has 1 aromatic rings. The maximum Gasteiger partial charge on any atom is 0.0107 e. The number of nitrogens with one attached hydrogen (secondary N) is 1. The summed E-state index contributed by atoms with van der Waals surface area (Å²) < 4.78 is 0. The topological polar surface area (TPSA) is 12.0 Å². The molecule has 1 aromatic carbocycles. The number of aryl methyl sites for hydroxylation is 1. The van der Waals surface area contributed by atoms with Crippen molar-refractivity contribution in [3.63, 3.8) is 0 Å². The average molecular weight is 261 g/mol. The summed E-state index contributed by atoms with van der Waals surface area (Å²) in [6.07, 6.45) is 6.36. The molecule has 1 atom stereocenters. The van der Waals surface area contributed by atoms with Crippen LogP contribution in [0.15, 0.2) is 24.3 Å². The number of hydrogen-bond donors (Lipinski definition) is 1. The third-order valence-electron chi connectivity index (χ3n) is 3.62. The van der Waals surface area contributed by atoms with Crippen LogP contribution in [0.25, 0.3) is 0 Å². The van der Waals surface area contributed by atoms with Crippen LogP contribution < -0.4 is 5.32 Å². The lowest BCUT2D eigenvalue weighted by molar-refractivity contribution is 0.434. The summed E-state index contributed by atoms with van der Waals surface area (Å²) >= 11 is 0. The molecule has 0 aliphatic heterocycles. The van der Waals surface area contributed by atoms with Crippen LogP contribution in [-0.4, -0.2) is 12.6 Å². The van der Waals surface area contributed by atoms with Gasteiger partial charge in [0.1, 0.15) is 0 Å². The number of rotatable bonds is 9. The molecule has 1 unspecified atom stereocenters. The Balaban J connectivity index is 2.45. The quantitative estimate of drug-likeness (QED) is 0.677. The van der Waals surface area contributed by atoms with Crippen LogP contribution in [0.1, 0.15) is 57.6 Å². The van der Waals surface area contributed by atoms with Crippen LogP contribution in [0.5, 0.6) is 0 Å². The SMILES string of the molecule is CCCNC(CCCC(C)C)Cc1ccc(C)cc1. The first kappa shape index (κ1) is 16.2.